The first kappa shape index (κ1) is 23.8. The summed E-state index contributed by atoms with van der Waals surface area (Å²) in [5.41, 5.74) is 1.05. The van der Waals surface area contributed by atoms with Crippen LogP contribution in [0.4, 0.5) is 0 Å². The van der Waals surface area contributed by atoms with E-state index in [0.29, 0.717) is 11.3 Å². The number of carboxylic acid groups (broad SMARTS) is 1. The predicted molar refractivity (Wildman–Crippen MR) is 118 cm³/mol. The van der Waals surface area contributed by atoms with E-state index in [0.717, 1.165) is 0 Å². The number of hydrogen-bond donors (Lipinski definition) is 1. The largest absolute Gasteiger partial charge is 0.480 e. The summed E-state index contributed by atoms with van der Waals surface area (Å²) in [6, 6.07) is 8.06. The maximum atomic E-state index is 13.5. The normalized spacial score (nSPS) is 18.8. The van der Waals surface area contributed by atoms with Gasteiger partial charge in [0.1, 0.15) is 12.6 Å². The van der Waals surface area contributed by atoms with E-state index >= 15 is 0 Å². The van der Waals surface area contributed by atoms with Crippen molar-refractivity contribution in [3.05, 3.63) is 42.1 Å². The summed E-state index contributed by atoms with van der Waals surface area (Å²) >= 11 is 0. The van der Waals surface area contributed by atoms with Crippen LogP contribution in [0.25, 0.3) is 5.70 Å². The molecule has 1 aromatic rings. The summed E-state index contributed by atoms with van der Waals surface area (Å²) in [4.78, 5) is 40.1. The molecule has 8 heteroatoms. The molecule has 1 aromatic carbocycles. The van der Waals surface area contributed by atoms with Gasteiger partial charge in [-0.1, -0.05) is 51.1 Å². The molecule has 0 saturated heterocycles. The average molecular weight is 433 g/mol. The first-order valence-corrected chi connectivity index (χ1v) is 12.9. The van der Waals surface area contributed by atoms with E-state index in [-0.39, 0.29) is 10.9 Å². The smallest absolute Gasteiger partial charge is 0.323 e. The molecule has 164 valence electrons. The Morgan fingerprint density at radius 1 is 1.20 bits per heavy atom. The second kappa shape index (κ2) is 8.73. The molecule has 0 spiro atoms. The van der Waals surface area contributed by atoms with Gasteiger partial charge in [-0.25, -0.2) is 0 Å². The molecular weight excluding hydrogens is 400 g/mol. The lowest BCUT2D eigenvalue weighted by Crippen LogP contribution is -2.59. The highest BCUT2D eigenvalue weighted by atomic mass is 28.4. The van der Waals surface area contributed by atoms with Crippen LogP contribution in [0, 0.1) is 0 Å². The Hall–Kier alpha value is -2.45. The molecular formula is C22H32N2O5Si. The molecule has 2 atom stereocenters. The van der Waals surface area contributed by atoms with E-state index in [1.54, 1.807) is 37.4 Å². The van der Waals surface area contributed by atoms with Gasteiger partial charge < -0.3 is 14.4 Å². The highest BCUT2D eigenvalue weighted by Gasteiger charge is 2.46. The van der Waals surface area contributed by atoms with Crippen LogP contribution in [0.2, 0.25) is 18.1 Å². The molecule has 1 N–H and O–H groups in total. The molecule has 30 heavy (non-hydrogen) atoms. The Morgan fingerprint density at radius 3 is 2.23 bits per heavy atom. The molecule has 0 fully saturated rings. The lowest BCUT2D eigenvalue weighted by Gasteiger charge is -2.45. The van der Waals surface area contributed by atoms with Gasteiger partial charge in [-0.15, -0.1) is 0 Å². The van der Waals surface area contributed by atoms with Crippen LogP contribution in [-0.4, -0.2) is 59.7 Å². The molecule has 0 unspecified atom stereocenters. The molecule has 7 nitrogen and oxygen atoms in total. The summed E-state index contributed by atoms with van der Waals surface area (Å²) in [6.07, 6.45) is 0.977. The van der Waals surface area contributed by atoms with E-state index < -0.39 is 38.9 Å². The average Bonchev–Trinajstić information content (AvgIpc) is 2.61. The van der Waals surface area contributed by atoms with Crippen molar-refractivity contribution in [1.82, 2.24) is 9.80 Å². The minimum absolute atomic E-state index is 0.0776. The monoisotopic (exact) mass is 432 g/mol. The topological polar surface area (TPSA) is 87.2 Å². The summed E-state index contributed by atoms with van der Waals surface area (Å²) in [5, 5.41) is 9.34. The Morgan fingerprint density at radius 2 is 1.77 bits per heavy atom. The standard InChI is InChI=1S/C22H32N2O5Si/c1-15(29-30(6,7)22(3,4)5)20-21(28)24(14-19(26)27)18(13-23(20)16(2)25)17-11-9-8-10-12-17/h8-13,15,20H,14H2,1-7H3,(H,26,27)/t15-,20-/m0/s1. The molecule has 0 bridgehead atoms. The molecule has 0 aromatic heterocycles. The Balaban J connectivity index is 2.53. The van der Waals surface area contributed by atoms with E-state index in [4.69, 9.17) is 4.43 Å². The quantitative estimate of drug-likeness (QED) is 0.695. The molecule has 1 aliphatic heterocycles. The fourth-order valence-corrected chi connectivity index (χ4v) is 4.65. The van der Waals surface area contributed by atoms with Crippen molar-refractivity contribution in [2.24, 2.45) is 0 Å². The third kappa shape index (κ3) is 4.99. The number of hydrogen-bond acceptors (Lipinski definition) is 4. The van der Waals surface area contributed by atoms with Crippen LogP contribution in [0.5, 0.6) is 0 Å². The van der Waals surface area contributed by atoms with E-state index in [2.05, 4.69) is 33.9 Å². The van der Waals surface area contributed by atoms with Crippen molar-refractivity contribution in [2.75, 3.05) is 6.54 Å². The molecule has 0 aliphatic carbocycles. The third-order valence-electron chi connectivity index (χ3n) is 5.83. The second-order valence-corrected chi connectivity index (χ2v) is 13.9. The zero-order valence-corrected chi connectivity index (χ0v) is 19.8. The van der Waals surface area contributed by atoms with E-state index in [1.807, 2.05) is 6.07 Å². The maximum Gasteiger partial charge on any atom is 0.323 e. The maximum absolute atomic E-state index is 13.5. The number of benzene rings is 1. The van der Waals surface area contributed by atoms with Crippen LogP contribution in [0.1, 0.15) is 40.2 Å². The fourth-order valence-electron chi connectivity index (χ4n) is 3.24. The summed E-state index contributed by atoms with van der Waals surface area (Å²) in [7, 11) is -2.23. The van der Waals surface area contributed by atoms with Crippen LogP contribution >= 0.6 is 0 Å². The Bertz CT molecular complexity index is 845. The number of nitrogens with zero attached hydrogens (tertiary/aromatic N) is 2. The van der Waals surface area contributed by atoms with Gasteiger partial charge in [-0.2, -0.15) is 0 Å². The fraction of sp³-hybridized carbons (Fsp3) is 0.500. The van der Waals surface area contributed by atoms with Crippen molar-refractivity contribution in [3.63, 3.8) is 0 Å². The number of amides is 2. The lowest BCUT2D eigenvalue weighted by atomic mass is 10.0. The first-order chi connectivity index (χ1) is 13.8. The number of carbonyl (C=O) groups is 3. The molecule has 1 aliphatic rings. The van der Waals surface area contributed by atoms with Gasteiger partial charge in [0.25, 0.3) is 5.91 Å². The molecule has 1 heterocycles. The van der Waals surface area contributed by atoms with Crippen molar-refractivity contribution in [2.45, 2.75) is 64.9 Å². The zero-order valence-electron chi connectivity index (χ0n) is 18.8. The van der Waals surface area contributed by atoms with Gasteiger partial charge in [-0.3, -0.25) is 19.3 Å². The summed E-state index contributed by atoms with van der Waals surface area (Å²) < 4.78 is 6.41. The van der Waals surface area contributed by atoms with Gasteiger partial charge in [0.2, 0.25) is 5.91 Å². The number of carbonyl (C=O) groups excluding carboxylic acids is 2. The zero-order chi connectivity index (χ0) is 22.9. The lowest BCUT2D eigenvalue weighted by molar-refractivity contribution is -0.149. The van der Waals surface area contributed by atoms with Crippen LogP contribution in [-0.2, 0) is 18.8 Å². The van der Waals surface area contributed by atoms with Gasteiger partial charge in [-0.05, 0) is 30.6 Å². The SMILES string of the molecule is CC(=O)N1C=C(c2ccccc2)N(CC(=O)O)C(=O)[C@@H]1[C@H](C)O[Si](C)(C)C(C)(C)C. The van der Waals surface area contributed by atoms with Crippen molar-refractivity contribution in [3.8, 4) is 0 Å². The minimum Gasteiger partial charge on any atom is -0.480 e. The Kier molecular flexibility index (Phi) is 6.93. The molecule has 0 radical (unpaired) electrons. The first-order valence-electron chi connectivity index (χ1n) is 10.0. The number of rotatable bonds is 6. The predicted octanol–water partition coefficient (Wildman–Crippen LogP) is 3.54. The minimum atomic E-state index is -2.23. The molecule has 2 rings (SSSR count). The molecule has 0 saturated carbocycles. The van der Waals surface area contributed by atoms with Gasteiger partial charge >= 0.3 is 5.97 Å². The molecule has 2 amide bonds. The Labute approximate surface area is 179 Å². The van der Waals surface area contributed by atoms with Crippen LogP contribution in [0.3, 0.4) is 0 Å². The number of carboxylic acids is 1. The second-order valence-electron chi connectivity index (χ2n) is 9.15. The van der Waals surface area contributed by atoms with Gasteiger partial charge in [0.15, 0.2) is 8.32 Å². The van der Waals surface area contributed by atoms with Crippen molar-refractivity contribution in [1.29, 1.82) is 0 Å². The van der Waals surface area contributed by atoms with Gasteiger partial charge in [0.05, 0.1) is 11.8 Å². The summed E-state index contributed by atoms with van der Waals surface area (Å²) in [5.74, 6) is -1.89. The highest BCUT2D eigenvalue weighted by Crippen LogP contribution is 2.38. The van der Waals surface area contributed by atoms with Crippen molar-refractivity contribution >= 4 is 31.8 Å². The van der Waals surface area contributed by atoms with Gasteiger partial charge in [0, 0.05) is 13.1 Å². The van der Waals surface area contributed by atoms with E-state index in [9.17, 15) is 19.5 Å². The van der Waals surface area contributed by atoms with E-state index in [1.165, 1.54) is 16.7 Å². The van der Waals surface area contributed by atoms with Crippen LogP contribution < -0.4 is 0 Å². The third-order valence-corrected chi connectivity index (χ3v) is 10.4. The number of aliphatic carboxylic acids is 1. The van der Waals surface area contributed by atoms with Crippen LogP contribution in [0.15, 0.2) is 36.5 Å². The van der Waals surface area contributed by atoms with Crippen molar-refractivity contribution < 1.29 is 23.9 Å². The highest BCUT2D eigenvalue weighted by molar-refractivity contribution is 6.74. The summed E-state index contributed by atoms with van der Waals surface area (Å²) in [6.45, 7) is 13.1.